The highest BCUT2D eigenvalue weighted by atomic mass is 16.2. The van der Waals surface area contributed by atoms with Gasteiger partial charge in [-0.15, -0.1) is 0 Å². The van der Waals surface area contributed by atoms with Gasteiger partial charge in [0.15, 0.2) is 11.5 Å². The summed E-state index contributed by atoms with van der Waals surface area (Å²) in [7, 11) is 1.65. The number of rotatable bonds is 2. The first-order valence-electron chi connectivity index (χ1n) is 8.33. The van der Waals surface area contributed by atoms with Crippen LogP contribution in [0.1, 0.15) is 33.5 Å². The molecule has 0 radical (unpaired) electrons. The van der Waals surface area contributed by atoms with Crippen molar-refractivity contribution in [2.75, 3.05) is 17.3 Å². The van der Waals surface area contributed by atoms with Gasteiger partial charge in [0.2, 0.25) is 0 Å². The van der Waals surface area contributed by atoms with Gasteiger partial charge in [-0.3, -0.25) is 19.2 Å². The molecule has 132 valence electrons. The van der Waals surface area contributed by atoms with Gasteiger partial charge in [-0.1, -0.05) is 18.2 Å². The Labute approximate surface area is 150 Å². The van der Waals surface area contributed by atoms with Gasteiger partial charge in [-0.25, -0.2) is 4.68 Å². The largest absolute Gasteiger partial charge is 0.318 e. The van der Waals surface area contributed by atoms with Crippen molar-refractivity contribution in [2.45, 2.75) is 20.4 Å². The van der Waals surface area contributed by atoms with Crippen molar-refractivity contribution in [2.24, 2.45) is 0 Å². The lowest BCUT2D eigenvalue weighted by atomic mass is 10.2. The molecular weight excluding hydrogens is 332 g/mol. The minimum Gasteiger partial charge on any atom is -0.318 e. The van der Waals surface area contributed by atoms with Crippen molar-refractivity contribution in [1.29, 1.82) is 0 Å². The van der Waals surface area contributed by atoms with Crippen LogP contribution in [0.5, 0.6) is 0 Å². The number of anilines is 2. The van der Waals surface area contributed by atoms with E-state index < -0.39 is 0 Å². The monoisotopic (exact) mass is 350 g/mol. The second-order valence-electron chi connectivity index (χ2n) is 6.07. The predicted octanol–water partition coefficient (Wildman–Crippen LogP) is 2.24. The molecule has 1 aliphatic rings. The normalized spacial score (nSPS) is 13.7. The van der Waals surface area contributed by atoms with E-state index in [0.717, 1.165) is 5.69 Å². The van der Waals surface area contributed by atoms with Crippen LogP contribution in [-0.2, 0) is 6.54 Å². The third-order valence-electron chi connectivity index (χ3n) is 4.48. The predicted molar refractivity (Wildman–Crippen MR) is 96.9 cm³/mol. The van der Waals surface area contributed by atoms with Crippen molar-refractivity contribution < 1.29 is 9.59 Å². The number of hydrogen-bond acceptors (Lipinski definition) is 4. The molecule has 0 unspecified atom stereocenters. The molecule has 3 aromatic rings. The topological polar surface area (TPSA) is 85.1 Å². The Kier molecular flexibility index (Phi) is 3.61. The summed E-state index contributed by atoms with van der Waals surface area (Å²) < 4.78 is 3.20. The summed E-state index contributed by atoms with van der Waals surface area (Å²) in [5.74, 6) is -0.145. The molecule has 8 heteroatoms. The van der Waals surface area contributed by atoms with Crippen molar-refractivity contribution in [3.8, 4) is 5.69 Å². The molecule has 26 heavy (non-hydrogen) atoms. The lowest BCUT2D eigenvalue weighted by Crippen LogP contribution is -2.34. The summed E-state index contributed by atoms with van der Waals surface area (Å²) in [6, 6.07) is 9.39. The minimum absolute atomic E-state index is 0.249. The van der Waals surface area contributed by atoms with Crippen molar-refractivity contribution in [1.82, 2.24) is 19.6 Å². The second-order valence-corrected chi connectivity index (χ2v) is 6.07. The Bertz CT molecular complexity index is 1020. The van der Waals surface area contributed by atoms with Crippen LogP contribution in [0, 0.1) is 6.92 Å². The Morgan fingerprint density at radius 1 is 1.15 bits per heavy atom. The lowest BCUT2D eigenvalue weighted by molar-refractivity contribution is 0.0980. The Morgan fingerprint density at radius 3 is 2.58 bits per heavy atom. The number of para-hydroxylation sites is 1. The molecule has 8 nitrogen and oxygen atoms in total. The second kappa shape index (κ2) is 5.83. The number of amides is 2. The van der Waals surface area contributed by atoms with E-state index in [1.807, 2.05) is 37.3 Å². The van der Waals surface area contributed by atoms with Crippen LogP contribution >= 0.6 is 0 Å². The van der Waals surface area contributed by atoms with Gasteiger partial charge in [0.1, 0.15) is 5.56 Å². The fourth-order valence-corrected chi connectivity index (χ4v) is 3.20. The van der Waals surface area contributed by atoms with E-state index in [0.29, 0.717) is 35.0 Å². The van der Waals surface area contributed by atoms with Crippen molar-refractivity contribution >= 4 is 23.3 Å². The Balaban J connectivity index is 1.93. The van der Waals surface area contributed by atoms with Crippen LogP contribution < -0.4 is 10.2 Å². The van der Waals surface area contributed by atoms with Crippen LogP contribution in [0.15, 0.2) is 36.5 Å². The van der Waals surface area contributed by atoms with Gasteiger partial charge in [0, 0.05) is 13.6 Å². The van der Waals surface area contributed by atoms with E-state index in [2.05, 4.69) is 15.5 Å². The van der Waals surface area contributed by atoms with Crippen LogP contribution in [0.25, 0.3) is 5.69 Å². The van der Waals surface area contributed by atoms with E-state index in [9.17, 15) is 9.59 Å². The first-order chi connectivity index (χ1) is 12.5. The van der Waals surface area contributed by atoms with E-state index >= 15 is 0 Å². The lowest BCUT2D eigenvalue weighted by Gasteiger charge is -2.23. The molecule has 0 atom stereocenters. The molecule has 0 bridgehead atoms. The maximum atomic E-state index is 13.2. The summed E-state index contributed by atoms with van der Waals surface area (Å²) in [4.78, 5) is 27.5. The SMILES string of the molecule is CCn1nc(C)c2c1C(=O)N(C)c1c(cnn1-c1ccccc1)C(=O)N2. The fraction of sp³-hybridized carbons (Fsp3) is 0.222. The van der Waals surface area contributed by atoms with Gasteiger partial charge in [0.05, 0.1) is 23.3 Å². The standard InChI is InChI=1S/C18H18N6O2/c1-4-23-15-14(11(2)21-23)20-16(25)13-10-19-24(12-8-6-5-7-9-12)17(13)22(3)18(15)26/h5-10H,4H2,1-3H3,(H,20,25). The molecule has 2 amide bonds. The maximum absolute atomic E-state index is 13.2. The third-order valence-corrected chi connectivity index (χ3v) is 4.48. The first kappa shape index (κ1) is 16.1. The Morgan fingerprint density at radius 2 is 1.88 bits per heavy atom. The average molecular weight is 350 g/mol. The van der Waals surface area contributed by atoms with E-state index in [1.165, 1.54) is 11.1 Å². The van der Waals surface area contributed by atoms with Crippen molar-refractivity contribution in [3.63, 3.8) is 0 Å². The number of carbonyl (C=O) groups is 2. The highest BCUT2D eigenvalue weighted by Gasteiger charge is 2.33. The molecule has 0 saturated heterocycles. The molecule has 0 spiro atoms. The van der Waals surface area contributed by atoms with Gasteiger partial charge in [-0.05, 0) is 26.0 Å². The van der Waals surface area contributed by atoms with E-state index in [1.54, 1.807) is 23.3 Å². The van der Waals surface area contributed by atoms with Gasteiger partial charge >= 0.3 is 0 Å². The molecule has 1 aromatic carbocycles. The summed E-state index contributed by atoms with van der Waals surface area (Å²) in [6.07, 6.45) is 1.48. The number of hydrogen-bond donors (Lipinski definition) is 1. The zero-order chi connectivity index (χ0) is 18.4. The van der Waals surface area contributed by atoms with Crippen LogP contribution in [0.2, 0.25) is 0 Å². The van der Waals surface area contributed by atoms with E-state index in [4.69, 9.17) is 0 Å². The zero-order valence-corrected chi connectivity index (χ0v) is 14.7. The molecule has 1 aliphatic heterocycles. The molecule has 3 heterocycles. The summed E-state index contributed by atoms with van der Waals surface area (Å²) in [6.45, 7) is 4.20. The molecular formula is C18H18N6O2. The summed E-state index contributed by atoms with van der Waals surface area (Å²) in [5, 5.41) is 11.5. The van der Waals surface area contributed by atoms with Crippen LogP contribution in [0.3, 0.4) is 0 Å². The number of fused-ring (bicyclic) bond motifs is 2. The number of nitrogens with zero attached hydrogens (tertiary/aromatic N) is 5. The highest BCUT2D eigenvalue weighted by molar-refractivity contribution is 6.18. The molecule has 0 fully saturated rings. The van der Waals surface area contributed by atoms with Crippen LogP contribution in [-0.4, -0.2) is 38.4 Å². The van der Waals surface area contributed by atoms with Crippen LogP contribution in [0.4, 0.5) is 11.5 Å². The molecule has 0 aliphatic carbocycles. The van der Waals surface area contributed by atoms with Crippen molar-refractivity contribution in [3.05, 3.63) is 53.5 Å². The quantitative estimate of drug-likeness (QED) is 0.768. The number of aromatic nitrogens is 4. The molecule has 0 saturated carbocycles. The Hall–Kier alpha value is -3.42. The first-order valence-corrected chi connectivity index (χ1v) is 8.33. The number of benzene rings is 1. The third kappa shape index (κ3) is 2.22. The van der Waals surface area contributed by atoms with Gasteiger partial charge in [-0.2, -0.15) is 10.2 Å². The smallest absolute Gasteiger partial charge is 0.279 e. The fourth-order valence-electron chi connectivity index (χ4n) is 3.20. The van der Waals surface area contributed by atoms with E-state index in [-0.39, 0.29) is 11.8 Å². The summed E-state index contributed by atoms with van der Waals surface area (Å²) in [5.41, 5.74) is 2.52. The van der Waals surface area contributed by atoms with Gasteiger partial charge < -0.3 is 5.32 Å². The minimum atomic E-state index is -0.318. The highest BCUT2D eigenvalue weighted by Crippen LogP contribution is 2.31. The number of nitrogens with one attached hydrogen (secondary N) is 1. The zero-order valence-electron chi connectivity index (χ0n) is 14.7. The number of aryl methyl sites for hydroxylation is 2. The average Bonchev–Trinajstić information content (AvgIpc) is 3.22. The summed E-state index contributed by atoms with van der Waals surface area (Å²) >= 11 is 0. The molecule has 2 aromatic heterocycles. The molecule has 4 rings (SSSR count). The van der Waals surface area contributed by atoms with Gasteiger partial charge in [0.25, 0.3) is 11.8 Å². The number of carbonyl (C=O) groups excluding carboxylic acids is 2. The molecule has 1 N–H and O–H groups in total. The maximum Gasteiger partial charge on any atom is 0.279 e.